The highest BCUT2D eigenvalue weighted by molar-refractivity contribution is 6.12. The molecule has 1 aliphatic carbocycles. The van der Waals surface area contributed by atoms with Gasteiger partial charge in [0.05, 0.1) is 0 Å². The fourth-order valence-corrected chi connectivity index (χ4v) is 2.81. The van der Waals surface area contributed by atoms with Gasteiger partial charge < -0.3 is 0 Å². The number of ketones is 1. The van der Waals surface area contributed by atoms with Crippen molar-refractivity contribution in [2.75, 3.05) is 0 Å². The second kappa shape index (κ2) is 5.46. The molecule has 0 saturated heterocycles. The van der Waals surface area contributed by atoms with Crippen molar-refractivity contribution >= 4 is 11.9 Å². The lowest BCUT2D eigenvalue weighted by Crippen LogP contribution is -2.03. The van der Waals surface area contributed by atoms with Gasteiger partial charge in [-0.3, -0.25) is 4.79 Å². The van der Waals surface area contributed by atoms with Crippen molar-refractivity contribution < 1.29 is 4.79 Å². The third-order valence-corrected chi connectivity index (χ3v) is 3.83. The van der Waals surface area contributed by atoms with Gasteiger partial charge in [-0.15, -0.1) is 0 Å². The number of carbonyl (C=O) groups is 1. The first-order valence-corrected chi connectivity index (χ1v) is 7.14. The molecule has 0 unspecified atom stereocenters. The molecule has 0 atom stereocenters. The van der Waals surface area contributed by atoms with E-state index in [2.05, 4.69) is 37.3 Å². The van der Waals surface area contributed by atoms with Gasteiger partial charge in [0, 0.05) is 11.1 Å². The zero-order chi connectivity index (χ0) is 13.9. The normalized spacial score (nSPS) is 16.9. The molecule has 0 aromatic heterocycles. The number of aryl methyl sites for hydroxylation is 2. The van der Waals surface area contributed by atoms with Crippen molar-refractivity contribution in [2.24, 2.45) is 0 Å². The zero-order valence-corrected chi connectivity index (χ0v) is 11.7. The predicted molar refractivity (Wildman–Crippen MR) is 82.9 cm³/mol. The molecule has 0 saturated carbocycles. The van der Waals surface area contributed by atoms with Crippen LogP contribution in [0.5, 0.6) is 0 Å². The lowest BCUT2D eigenvalue weighted by atomic mass is 9.98. The average Bonchev–Trinajstić information content (AvgIpc) is 2.60. The molecule has 2 aromatic rings. The second-order valence-electron chi connectivity index (χ2n) is 5.42. The van der Waals surface area contributed by atoms with Crippen LogP contribution in [0.4, 0.5) is 0 Å². The van der Waals surface area contributed by atoms with E-state index in [0.29, 0.717) is 0 Å². The van der Waals surface area contributed by atoms with Crippen molar-refractivity contribution in [3.05, 3.63) is 76.4 Å². The van der Waals surface area contributed by atoms with Gasteiger partial charge in [-0.2, -0.15) is 0 Å². The van der Waals surface area contributed by atoms with Gasteiger partial charge in [-0.05, 0) is 43.4 Å². The van der Waals surface area contributed by atoms with Gasteiger partial charge in [0.15, 0.2) is 5.78 Å². The molecule has 0 amide bonds. The van der Waals surface area contributed by atoms with Crippen LogP contribution in [0.2, 0.25) is 0 Å². The minimum Gasteiger partial charge on any atom is -0.289 e. The SMILES string of the molecule is Cc1cccc(C=C2CCCc3ccccc3C2=O)c1. The summed E-state index contributed by atoms with van der Waals surface area (Å²) >= 11 is 0. The van der Waals surface area contributed by atoms with E-state index in [4.69, 9.17) is 0 Å². The molecule has 0 spiro atoms. The number of rotatable bonds is 1. The van der Waals surface area contributed by atoms with Gasteiger partial charge in [-0.1, -0.05) is 54.1 Å². The Kier molecular flexibility index (Phi) is 3.51. The Morgan fingerprint density at radius 3 is 2.70 bits per heavy atom. The van der Waals surface area contributed by atoms with E-state index in [9.17, 15) is 4.79 Å². The van der Waals surface area contributed by atoms with Crippen molar-refractivity contribution in [1.29, 1.82) is 0 Å². The van der Waals surface area contributed by atoms with Crippen LogP contribution >= 0.6 is 0 Å². The first-order valence-electron chi connectivity index (χ1n) is 7.14. The molecule has 0 fully saturated rings. The summed E-state index contributed by atoms with van der Waals surface area (Å²) in [4.78, 5) is 12.7. The lowest BCUT2D eigenvalue weighted by molar-refractivity contribution is 0.103. The number of hydrogen-bond acceptors (Lipinski definition) is 1. The van der Waals surface area contributed by atoms with Crippen LogP contribution in [-0.4, -0.2) is 5.78 Å². The van der Waals surface area contributed by atoms with E-state index in [1.165, 1.54) is 11.1 Å². The maximum absolute atomic E-state index is 12.7. The Morgan fingerprint density at radius 1 is 1.00 bits per heavy atom. The quantitative estimate of drug-likeness (QED) is 0.542. The lowest BCUT2D eigenvalue weighted by Gasteiger charge is -2.05. The summed E-state index contributed by atoms with van der Waals surface area (Å²) in [5, 5.41) is 0. The summed E-state index contributed by atoms with van der Waals surface area (Å²) < 4.78 is 0. The van der Waals surface area contributed by atoms with Gasteiger partial charge in [0.25, 0.3) is 0 Å². The Labute approximate surface area is 120 Å². The number of Topliss-reactive ketones (excluding diaryl/α,β-unsaturated/α-hetero) is 1. The number of hydrogen-bond donors (Lipinski definition) is 0. The highest BCUT2D eigenvalue weighted by atomic mass is 16.1. The summed E-state index contributed by atoms with van der Waals surface area (Å²) in [5.41, 5.74) is 5.34. The summed E-state index contributed by atoms with van der Waals surface area (Å²) in [5.74, 6) is 0.194. The molecular weight excluding hydrogens is 244 g/mol. The third kappa shape index (κ3) is 2.57. The van der Waals surface area contributed by atoms with Crippen molar-refractivity contribution in [3.63, 3.8) is 0 Å². The van der Waals surface area contributed by atoms with Crippen LogP contribution in [0.1, 0.15) is 39.9 Å². The Bertz CT molecular complexity index is 680. The first-order chi connectivity index (χ1) is 9.74. The van der Waals surface area contributed by atoms with Crippen LogP contribution in [0, 0.1) is 6.92 Å². The fraction of sp³-hybridized carbons (Fsp3) is 0.211. The van der Waals surface area contributed by atoms with E-state index < -0.39 is 0 Å². The topological polar surface area (TPSA) is 17.1 Å². The van der Waals surface area contributed by atoms with E-state index in [-0.39, 0.29) is 5.78 Å². The van der Waals surface area contributed by atoms with E-state index in [1.807, 2.05) is 24.3 Å². The number of fused-ring (bicyclic) bond motifs is 1. The van der Waals surface area contributed by atoms with E-state index in [1.54, 1.807) is 0 Å². The third-order valence-electron chi connectivity index (χ3n) is 3.83. The van der Waals surface area contributed by atoms with Crippen molar-refractivity contribution in [2.45, 2.75) is 26.2 Å². The molecule has 1 heteroatoms. The highest BCUT2D eigenvalue weighted by Crippen LogP contribution is 2.25. The average molecular weight is 262 g/mol. The molecule has 0 radical (unpaired) electrons. The summed E-state index contributed by atoms with van der Waals surface area (Å²) in [6.45, 7) is 2.08. The van der Waals surface area contributed by atoms with Crippen molar-refractivity contribution in [3.8, 4) is 0 Å². The van der Waals surface area contributed by atoms with Crippen molar-refractivity contribution in [1.82, 2.24) is 0 Å². The summed E-state index contributed by atoms with van der Waals surface area (Å²) in [6.07, 6.45) is 4.95. The number of allylic oxidation sites excluding steroid dienone is 1. The van der Waals surface area contributed by atoms with Crippen LogP contribution in [-0.2, 0) is 6.42 Å². The molecule has 0 N–H and O–H groups in total. The minimum atomic E-state index is 0.194. The number of carbonyl (C=O) groups excluding carboxylic acids is 1. The minimum absolute atomic E-state index is 0.194. The van der Waals surface area contributed by atoms with Crippen LogP contribution in [0.15, 0.2) is 54.1 Å². The largest absolute Gasteiger partial charge is 0.289 e. The fourth-order valence-electron chi connectivity index (χ4n) is 2.81. The molecule has 0 aliphatic heterocycles. The maximum Gasteiger partial charge on any atom is 0.189 e. The van der Waals surface area contributed by atoms with Gasteiger partial charge in [0.2, 0.25) is 0 Å². The Morgan fingerprint density at radius 2 is 1.85 bits per heavy atom. The molecule has 1 nitrogen and oxygen atoms in total. The first kappa shape index (κ1) is 12.9. The Balaban J connectivity index is 2.01. The summed E-state index contributed by atoms with van der Waals surface area (Å²) in [6, 6.07) is 16.3. The number of benzene rings is 2. The van der Waals surface area contributed by atoms with Gasteiger partial charge in [-0.25, -0.2) is 0 Å². The molecule has 100 valence electrons. The Hall–Kier alpha value is -2.15. The van der Waals surface area contributed by atoms with E-state index in [0.717, 1.165) is 36.0 Å². The monoisotopic (exact) mass is 262 g/mol. The molecule has 2 aromatic carbocycles. The van der Waals surface area contributed by atoms with Crippen LogP contribution in [0.25, 0.3) is 6.08 Å². The van der Waals surface area contributed by atoms with Crippen LogP contribution in [0.3, 0.4) is 0 Å². The molecule has 3 rings (SSSR count). The smallest absolute Gasteiger partial charge is 0.189 e. The maximum atomic E-state index is 12.7. The molecule has 0 bridgehead atoms. The standard InChI is InChI=1S/C19H18O/c1-14-6-4-7-15(12-14)13-17-10-5-9-16-8-2-3-11-18(16)19(17)20/h2-4,6-8,11-13H,5,9-10H2,1H3. The zero-order valence-electron chi connectivity index (χ0n) is 11.7. The van der Waals surface area contributed by atoms with E-state index >= 15 is 0 Å². The van der Waals surface area contributed by atoms with Crippen LogP contribution < -0.4 is 0 Å². The summed E-state index contributed by atoms with van der Waals surface area (Å²) in [7, 11) is 0. The second-order valence-corrected chi connectivity index (χ2v) is 5.42. The molecule has 20 heavy (non-hydrogen) atoms. The highest BCUT2D eigenvalue weighted by Gasteiger charge is 2.19. The van der Waals surface area contributed by atoms with Gasteiger partial charge in [0.1, 0.15) is 0 Å². The molecule has 0 heterocycles. The molecular formula is C19H18O. The van der Waals surface area contributed by atoms with Gasteiger partial charge >= 0.3 is 0 Å². The molecule has 1 aliphatic rings. The predicted octanol–water partition coefficient (Wildman–Crippen LogP) is 4.60.